The zero-order chi connectivity index (χ0) is 14.5. The highest BCUT2D eigenvalue weighted by molar-refractivity contribution is 7.89. The summed E-state index contributed by atoms with van der Waals surface area (Å²) in [7, 11) is -4.01. The van der Waals surface area contributed by atoms with Gasteiger partial charge in [-0.3, -0.25) is 9.59 Å². The van der Waals surface area contributed by atoms with Crippen LogP contribution in [0.25, 0.3) is 0 Å². The first-order chi connectivity index (χ1) is 8.89. The highest BCUT2D eigenvalue weighted by atomic mass is 32.2. The van der Waals surface area contributed by atoms with Crippen LogP contribution in [0, 0.1) is 0 Å². The molecule has 0 radical (unpaired) electrons. The number of hydrogen-bond acceptors (Lipinski definition) is 4. The predicted octanol–water partition coefficient (Wildman–Crippen LogP) is -0.349. The van der Waals surface area contributed by atoms with Crippen LogP contribution in [0.15, 0.2) is 28.2 Å². The minimum Gasteiger partial charge on any atom is -0.369 e. The van der Waals surface area contributed by atoms with Crippen molar-refractivity contribution in [2.75, 3.05) is 13.1 Å². The molecule has 1 aromatic heterocycles. The summed E-state index contributed by atoms with van der Waals surface area (Å²) >= 11 is 0. The van der Waals surface area contributed by atoms with Crippen molar-refractivity contribution in [3.8, 4) is 0 Å². The normalized spacial score (nSPS) is 11.7. The molecular weight excluding hydrogens is 270 g/mol. The Morgan fingerprint density at radius 2 is 2.16 bits per heavy atom. The Balaban J connectivity index is 3.15. The van der Waals surface area contributed by atoms with Crippen LogP contribution < -0.4 is 11.2 Å². The molecule has 1 rings (SSSR count). The fraction of sp³-hybridized carbons (Fsp3) is 0.455. The average molecular weight is 287 g/mol. The van der Waals surface area contributed by atoms with Gasteiger partial charge in [-0.2, -0.15) is 4.31 Å². The molecule has 0 saturated heterocycles. The van der Waals surface area contributed by atoms with E-state index in [1.165, 1.54) is 6.20 Å². The Morgan fingerprint density at radius 1 is 1.47 bits per heavy atom. The number of pyridine rings is 1. The van der Waals surface area contributed by atoms with Gasteiger partial charge in [0, 0.05) is 25.0 Å². The van der Waals surface area contributed by atoms with Gasteiger partial charge in [0.25, 0.3) is 0 Å². The third kappa shape index (κ3) is 3.90. The topological polar surface area (TPSA) is 113 Å². The molecule has 0 atom stereocenters. The molecule has 1 aromatic rings. The lowest BCUT2D eigenvalue weighted by Crippen LogP contribution is -2.40. The standard InChI is InChI=1S/C11H17N3O4S/c1-2-3-6-14(8-11(12)16)19(17,18)10-7-13-5-4-9(10)15/h4-5,7H,2-3,6,8H2,1H3,(H2,12,16)(H,13,15). The number of aromatic amines is 1. The number of aromatic nitrogens is 1. The van der Waals surface area contributed by atoms with E-state index in [2.05, 4.69) is 4.98 Å². The zero-order valence-corrected chi connectivity index (χ0v) is 11.4. The van der Waals surface area contributed by atoms with Crippen LogP contribution in [0.1, 0.15) is 19.8 Å². The van der Waals surface area contributed by atoms with E-state index >= 15 is 0 Å². The molecule has 0 saturated carbocycles. The lowest BCUT2D eigenvalue weighted by molar-refractivity contribution is -0.118. The van der Waals surface area contributed by atoms with Crippen molar-refractivity contribution in [2.45, 2.75) is 24.7 Å². The van der Waals surface area contributed by atoms with E-state index in [0.29, 0.717) is 6.42 Å². The molecule has 0 aliphatic heterocycles. The minimum atomic E-state index is -4.01. The highest BCUT2D eigenvalue weighted by Crippen LogP contribution is 2.11. The van der Waals surface area contributed by atoms with Gasteiger partial charge in [-0.25, -0.2) is 8.42 Å². The summed E-state index contributed by atoms with van der Waals surface area (Å²) in [6, 6.07) is 1.12. The molecule has 0 spiro atoms. The van der Waals surface area contributed by atoms with Crippen molar-refractivity contribution in [1.29, 1.82) is 0 Å². The molecule has 1 heterocycles. The van der Waals surface area contributed by atoms with E-state index in [4.69, 9.17) is 5.73 Å². The van der Waals surface area contributed by atoms with Gasteiger partial charge in [0.05, 0.1) is 6.54 Å². The van der Waals surface area contributed by atoms with Gasteiger partial charge in [-0.05, 0) is 6.42 Å². The van der Waals surface area contributed by atoms with Crippen LogP contribution in [-0.2, 0) is 14.8 Å². The Labute approximate surface area is 111 Å². The Hall–Kier alpha value is -1.67. The largest absolute Gasteiger partial charge is 0.369 e. The number of H-pyrrole nitrogens is 1. The summed E-state index contributed by atoms with van der Waals surface area (Å²) in [5.74, 6) is -0.757. The second-order valence-corrected chi connectivity index (χ2v) is 5.94. The van der Waals surface area contributed by atoms with E-state index in [1.54, 1.807) is 0 Å². The number of primary amides is 1. The minimum absolute atomic E-state index is 0.149. The van der Waals surface area contributed by atoms with Crippen LogP contribution in [0.4, 0.5) is 0 Å². The van der Waals surface area contributed by atoms with Crippen molar-refractivity contribution >= 4 is 15.9 Å². The first kappa shape index (κ1) is 15.4. The number of rotatable bonds is 7. The smallest absolute Gasteiger partial charge is 0.248 e. The molecule has 0 bridgehead atoms. The van der Waals surface area contributed by atoms with Gasteiger partial charge in [-0.15, -0.1) is 0 Å². The zero-order valence-electron chi connectivity index (χ0n) is 10.6. The average Bonchev–Trinajstić information content (AvgIpc) is 2.34. The van der Waals surface area contributed by atoms with E-state index < -0.39 is 27.9 Å². The molecule has 3 N–H and O–H groups in total. The maximum atomic E-state index is 12.3. The maximum Gasteiger partial charge on any atom is 0.248 e. The van der Waals surface area contributed by atoms with E-state index in [-0.39, 0.29) is 11.4 Å². The van der Waals surface area contributed by atoms with E-state index in [0.717, 1.165) is 23.0 Å². The lowest BCUT2D eigenvalue weighted by atomic mass is 10.3. The molecule has 0 aliphatic carbocycles. The number of nitrogens with zero attached hydrogens (tertiary/aromatic N) is 1. The monoisotopic (exact) mass is 287 g/mol. The van der Waals surface area contributed by atoms with Crippen molar-refractivity contribution in [2.24, 2.45) is 5.73 Å². The van der Waals surface area contributed by atoms with Crippen LogP contribution in [0.3, 0.4) is 0 Å². The summed E-state index contributed by atoms with van der Waals surface area (Å²) in [5, 5.41) is 0. The van der Waals surface area contributed by atoms with Crippen molar-refractivity contribution in [1.82, 2.24) is 9.29 Å². The molecule has 8 heteroatoms. The van der Waals surface area contributed by atoms with Crippen LogP contribution >= 0.6 is 0 Å². The summed E-state index contributed by atoms with van der Waals surface area (Å²) in [6.07, 6.45) is 3.79. The van der Waals surface area contributed by atoms with Gasteiger partial charge in [-0.1, -0.05) is 13.3 Å². The Morgan fingerprint density at radius 3 is 2.68 bits per heavy atom. The van der Waals surface area contributed by atoms with Gasteiger partial charge < -0.3 is 10.7 Å². The van der Waals surface area contributed by atoms with Crippen molar-refractivity contribution in [3.05, 3.63) is 28.7 Å². The third-order valence-corrected chi connectivity index (χ3v) is 4.37. The molecule has 0 aliphatic rings. The van der Waals surface area contributed by atoms with E-state index in [1.807, 2.05) is 6.92 Å². The summed E-state index contributed by atoms with van der Waals surface area (Å²) in [5.41, 5.74) is 4.43. The molecule has 0 aromatic carbocycles. The Bertz CT molecular complexity index is 594. The van der Waals surface area contributed by atoms with Crippen molar-refractivity contribution in [3.63, 3.8) is 0 Å². The number of sulfonamides is 1. The first-order valence-corrected chi connectivity index (χ1v) is 7.29. The number of hydrogen-bond donors (Lipinski definition) is 2. The lowest BCUT2D eigenvalue weighted by Gasteiger charge is -2.19. The second kappa shape index (κ2) is 6.48. The number of nitrogens with one attached hydrogen (secondary N) is 1. The maximum absolute atomic E-state index is 12.3. The number of unbranched alkanes of at least 4 members (excludes halogenated alkanes) is 1. The molecule has 0 fully saturated rings. The van der Waals surface area contributed by atoms with E-state index in [9.17, 15) is 18.0 Å². The fourth-order valence-corrected chi connectivity index (χ4v) is 3.02. The highest BCUT2D eigenvalue weighted by Gasteiger charge is 2.27. The van der Waals surface area contributed by atoms with Crippen molar-refractivity contribution < 1.29 is 13.2 Å². The van der Waals surface area contributed by atoms with Gasteiger partial charge in [0.1, 0.15) is 4.90 Å². The molecule has 106 valence electrons. The summed E-state index contributed by atoms with van der Waals surface area (Å²) in [6.45, 7) is 1.61. The molecule has 19 heavy (non-hydrogen) atoms. The Kier molecular flexibility index (Phi) is 5.25. The molecule has 0 unspecified atom stereocenters. The summed E-state index contributed by atoms with van der Waals surface area (Å²) < 4.78 is 25.5. The molecule has 1 amide bonds. The number of carbonyl (C=O) groups is 1. The fourth-order valence-electron chi connectivity index (χ4n) is 1.53. The van der Waals surface area contributed by atoms with Crippen LogP contribution in [0.5, 0.6) is 0 Å². The van der Waals surface area contributed by atoms with Crippen LogP contribution in [0.2, 0.25) is 0 Å². The second-order valence-electron chi connectivity index (χ2n) is 4.03. The number of nitrogens with two attached hydrogens (primary N) is 1. The van der Waals surface area contributed by atoms with Gasteiger partial charge in [0.2, 0.25) is 21.4 Å². The first-order valence-electron chi connectivity index (χ1n) is 5.85. The number of amides is 1. The summed E-state index contributed by atoms with van der Waals surface area (Å²) in [4.78, 5) is 24.7. The predicted molar refractivity (Wildman–Crippen MR) is 69.9 cm³/mol. The molecule has 7 nitrogen and oxygen atoms in total. The van der Waals surface area contributed by atoms with Gasteiger partial charge in [0.15, 0.2) is 0 Å². The SMILES string of the molecule is CCCCN(CC(N)=O)S(=O)(=O)c1c[nH]ccc1=O. The van der Waals surface area contributed by atoms with Gasteiger partial charge >= 0.3 is 0 Å². The van der Waals surface area contributed by atoms with Crippen LogP contribution in [-0.4, -0.2) is 36.7 Å². The third-order valence-electron chi connectivity index (χ3n) is 2.50. The molecular formula is C11H17N3O4S. The quantitative estimate of drug-likeness (QED) is 0.713. The number of carbonyl (C=O) groups excluding carboxylic acids is 1.